The second kappa shape index (κ2) is 3.44. The zero-order chi connectivity index (χ0) is 10.3. The Hall–Kier alpha value is -1.17. The standard InChI is InChI=1S/C13H11OP/c14-15-9-10-5-1-2-6-11(10)12-7-3-4-8-13(12)15/h1-8,14H,9H2. The van der Waals surface area contributed by atoms with Gasteiger partial charge in [0, 0.05) is 11.5 Å². The second-order valence-electron chi connectivity index (χ2n) is 3.73. The molecule has 15 heavy (non-hydrogen) atoms. The van der Waals surface area contributed by atoms with Crippen molar-refractivity contribution in [2.75, 3.05) is 0 Å². The van der Waals surface area contributed by atoms with Crippen LogP contribution >= 0.6 is 8.15 Å². The van der Waals surface area contributed by atoms with Gasteiger partial charge in [-0.2, -0.15) is 0 Å². The van der Waals surface area contributed by atoms with Gasteiger partial charge in [0.1, 0.15) is 0 Å². The highest BCUT2D eigenvalue weighted by Crippen LogP contribution is 2.44. The summed E-state index contributed by atoms with van der Waals surface area (Å²) in [5.41, 5.74) is 3.75. The summed E-state index contributed by atoms with van der Waals surface area (Å²) in [6.45, 7) is 0. The van der Waals surface area contributed by atoms with E-state index in [1.54, 1.807) is 0 Å². The Labute approximate surface area is 90.2 Å². The van der Waals surface area contributed by atoms with Crippen LogP contribution in [0.3, 0.4) is 0 Å². The van der Waals surface area contributed by atoms with Crippen molar-refractivity contribution in [2.24, 2.45) is 0 Å². The molecule has 1 nitrogen and oxygen atoms in total. The van der Waals surface area contributed by atoms with Crippen LogP contribution in [0.15, 0.2) is 48.5 Å². The first-order chi connectivity index (χ1) is 7.36. The average molecular weight is 214 g/mol. The average Bonchev–Trinajstić information content (AvgIpc) is 2.30. The minimum absolute atomic E-state index is 0.794. The van der Waals surface area contributed by atoms with Crippen molar-refractivity contribution in [1.29, 1.82) is 0 Å². The molecule has 1 aliphatic rings. The third-order valence-corrected chi connectivity index (χ3v) is 4.40. The lowest BCUT2D eigenvalue weighted by molar-refractivity contribution is 0.633. The molecule has 1 heterocycles. The number of hydrogen-bond acceptors (Lipinski definition) is 1. The quantitative estimate of drug-likeness (QED) is 0.668. The summed E-state index contributed by atoms with van der Waals surface area (Å²) in [6, 6.07) is 16.5. The maximum atomic E-state index is 10.1. The number of hydrogen-bond donors (Lipinski definition) is 1. The minimum Gasteiger partial charge on any atom is -0.369 e. The van der Waals surface area contributed by atoms with Crippen LogP contribution < -0.4 is 5.30 Å². The van der Waals surface area contributed by atoms with E-state index in [0.29, 0.717) is 0 Å². The van der Waals surface area contributed by atoms with Gasteiger partial charge in [0.05, 0.1) is 8.15 Å². The van der Waals surface area contributed by atoms with Crippen LogP contribution in [0, 0.1) is 0 Å². The lowest BCUT2D eigenvalue weighted by Crippen LogP contribution is -2.11. The van der Waals surface area contributed by atoms with Crippen molar-refractivity contribution in [3.63, 3.8) is 0 Å². The van der Waals surface area contributed by atoms with Gasteiger partial charge in [-0.25, -0.2) is 0 Å². The van der Waals surface area contributed by atoms with E-state index in [1.807, 2.05) is 24.3 Å². The van der Waals surface area contributed by atoms with Gasteiger partial charge in [-0.05, 0) is 16.7 Å². The predicted octanol–water partition coefficient (Wildman–Crippen LogP) is 2.88. The number of fused-ring (bicyclic) bond motifs is 3. The van der Waals surface area contributed by atoms with Gasteiger partial charge in [0.25, 0.3) is 0 Å². The van der Waals surface area contributed by atoms with E-state index in [4.69, 9.17) is 0 Å². The van der Waals surface area contributed by atoms with Gasteiger partial charge in [0.15, 0.2) is 0 Å². The molecule has 0 aromatic heterocycles. The number of benzene rings is 2. The molecule has 0 saturated heterocycles. The van der Waals surface area contributed by atoms with Crippen LogP contribution in [-0.2, 0) is 6.16 Å². The molecule has 0 spiro atoms. The first kappa shape index (κ1) is 9.08. The molecule has 0 saturated carbocycles. The van der Waals surface area contributed by atoms with Crippen molar-refractivity contribution in [3.8, 4) is 11.1 Å². The second-order valence-corrected chi connectivity index (χ2v) is 5.33. The normalized spacial score (nSPS) is 18.1. The van der Waals surface area contributed by atoms with E-state index in [-0.39, 0.29) is 0 Å². The van der Waals surface area contributed by atoms with Crippen LogP contribution in [0.25, 0.3) is 11.1 Å². The topological polar surface area (TPSA) is 20.2 Å². The van der Waals surface area contributed by atoms with Crippen molar-refractivity contribution in [3.05, 3.63) is 54.1 Å². The van der Waals surface area contributed by atoms with Gasteiger partial charge in [0.2, 0.25) is 0 Å². The Balaban J connectivity index is 2.30. The molecule has 2 aromatic carbocycles. The van der Waals surface area contributed by atoms with Gasteiger partial charge in [-0.15, -0.1) is 0 Å². The Bertz CT molecular complexity index is 507. The summed E-state index contributed by atoms with van der Waals surface area (Å²) in [5.74, 6) is 0. The SMILES string of the molecule is OP1Cc2ccccc2-c2ccccc21. The molecule has 74 valence electrons. The van der Waals surface area contributed by atoms with E-state index in [0.717, 1.165) is 11.5 Å². The number of rotatable bonds is 0. The van der Waals surface area contributed by atoms with E-state index in [1.165, 1.54) is 16.7 Å². The zero-order valence-corrected chi connectivity index (χ0v) is 9.11. The van der Waals surface area contributed by atoms with Crippen LogP contribution in [0.1, 0.15) is 5.56 Å². The van der Waals surface area contributed by atoms with Crippen LogP contribution in [0.4, 0.5) is 0 Å². The van der Waals surface area contributed by atoms with E-state index in [2.05, 4.69) is 24.3 Å². The molecule has 2 heteroatoms. The van der Waals surface area contributed by atoms with Crippen molar-refractivity contribution in [2.45, 2.75) is 6.16 Å². The Morgan fingerprint density at radius 2 is 1.53 bits per heavy atom. The molecule has 0 radical (unpaired) electrons. The summed E-state index contributed by atoms with van der Waals surface area (Å²) in [4.78, 5) is 10.1. The fourth-order valence-electron chi connectivity index (χ4n) is 2.09. The van der Waals surface area contributed by atoms with Gasteiger partial charge < -0.3 is 4.89 Å². The fraction of sp³-hybridized carbons (Fsp3) is 0.0769. The first-order valence-electron chi connectivity index (χ1n) is 5.00. The van der Waals surface area contributed by atoms with Gasteiger partial charge in [-0.1, -0.05) is 48.5 Å². The highest BCUT2D eigenvalue weighted by Gasteiger charge is 2.21. The van der Waals surface area contributed by atoms with Crippen LogP contribution in [-0.4, -0.2) is 4.89 Å². The maximum Gasteiger partial charge on any atom is 0.0614 e. The molecule has 1 N–H and O–H groups in total. The summed E-state index contributed by atoms with van der Waals surface area (Å²) in [5, 5.41) is 1.12. The highest BCUT2D eigenvalue weighted by molar-refractivity contribution is 7.59. The van der Waals surface area contributed by atoms with E-state index in [9.17, 15) is 4.89 Å². The molecule has 1 atom stereocenters. The van der Waals surface area contributed by atoms with Crippen molar-refractivity contribution in [1.82, 2.24) is 0 Å². The van der Waals surface area contributed by atoms with E-state index >= 15 is 0 Å². The van der Waals surface area contributed by atoms with E-state index < -0.39 is 8.15 Å². The maximum absolute atomic E-state index is 10.1. The Morgan fingerprint density at radius 3 is 2.40 bits per heavy atom. The monoisotopic (exact) mass is 214 g/mol. The Morgan fingerprint density at radius 1 is 0.867 bits per heavy atom. The van der Waals surface area contributed by atoms with Crippen molar-refractivity contribution >= 4 is 13.5 Å². The summed E-state index contributed by atoms with van der Waals surface area (Å²) in [7, 11) is -0.994. The summed E-state index contributed by atoms with van der Waals surface area (Å²) in [6.07, 6.45) is 0.794. The van der Waals surface area contributed by atoms with Crippen LogP contribution in [0.5, 0.6) is 0 Å². The van der Waals surface area contributed by atoms with Gasteiger partial charge >= 0.3 is 0 Å². The zero-order valence-electron chi connectivity index (χ0n) is 8.22. The molecule has 0 bridgehead atoms. The lowest BCUT2D eigenvalue weighted by atomic mass is 10.0. The third kappa shape index (κ3) is 1.40. The minimum atomic E-state index is -0.994. The smallest absolute Gasteiger partial charge is 0.0614 e. The molecular weight excluding hydrogens is 203 g/mol. The first-order valence-corrected chi connectivity index (χ1v) is 6.48. The third-order valence-electron chi connectivity index (χ3n) is 2.81. The summed E-state index contributed by atoms with van der Waals surface area (Å²) >= 11 is 0. The molecule has 1 aliphatic heterocycles. The van der Waals surface area contributed by atoms with Crippen LogP contribution in [0.2, 0.25) is 0 Å². The predicted molar refractivity (Wildman–Crippen MR) is 64.4 cm³/mol. The Kier molecular flexibility index (Phi) is 2.09. The summed E-state index contributed by atoms with van der Waals surface area (Å²) < 4.78 is 0. The molecule has 0 fully saturated rings. The molecule has 3 rings (SSSR count). The van der Waals surface area contributed by atoms with Crippen molar-refractivity contribution < 1.29 is 4.89 Å². The lowest BCUT2D eigenvalue weighted by Gasteiger charge is -2.23. The molecule has 0 aliphatic carbocycles. The molecule has 1 unspecified atom stereocenters. The fourth-order valence-corrected chi connectivity index (χ4v) is 3.59. The highest BCUT2D eigenvalue weighted by atomic mass is 31.1. The van der Waals surface area contributed by atoms with Gasteiger partial charge in [-0.3, -0.25) is 0 Å². The molecule has 0 amide bonds. The largest absolute Gasteiger partial charge is 0.369 e. The molecular formula is C13H11OP. The molecule has 2 aromatic rings.